The average Bonchev–Trinajstić information content (AvgIpc) is 1.05. The molecule has 0 bridgehead atoms. The van der Waals surface area contributed by atoms with Gasteiger partial charge in [-0.25, -0.2) is 9.97 Å². The van der Waals surface area contributed by atoms with Crippen molar-refractivity contribution in [3.63, 3.8) is 0 Å². The number of anilines is 6. The van der Waals surface area contributed by atoms with Crippen molar-refractivity contribution in [3.05, 3.63) is 498 Å². The first-order valence-electron chi connectivity index (χ1n) is 46.1. The molecular formula is C122H84N8Pd2S2Si4. The van der Waals surface area contributed by atoms with E-state index < -0.39 is 32.3 Å². The van der Waals surface area contributed by atoms with Gasteiger partial charge in [-0.05, 0) is 110 Å². The van der Waals surface area contributed by atoms with Crippen molar-refractivity contribution < 1.29 is 40.8 Å². The van der Waals surface area contributed by atoms with Crippen LogP contribution in [0.1, 0.15) is 0 Å². The predicted octanol–water partition coefficient (Wildman–Crippen LogP) is 18.3. The number of hydrogen-bond acceptors (Lipinski definition) is 8. The predicted molar refractivity (Wildman–Crippen MR) is 580 cm³/mol. The summed E-state index contributed by atoms with van der Waals surface area (Å²) in [6.45, 7) is 0. The van der Waals surface area contributed by atoms with Crippen LogP contribution in [0.3, 0.4) is 0 Å². The van der Waals surface area contributed by atoms with Gasteiger partial charge >= 0.3 is 40.8 Å². The summed E-state index contributed by atoms with van der Waals surface area (Å²) >= 11 is 3.74. The quantitative estimate of drug-likeness (QED) is 0.0546. The second-order valence-corrected chi connectivity index (χ2v) is 52.2. The Bertz CT molecular complexity index is 8500. The smallest absolute Gasteiger partial charge is 0.367 e. The molecule has 660 valence electrons. The molecule has 0 saturated heterocycles. The Balaban J connectivity index is 0.000000152. The third-order valence-corrected chi connectivity index (χ3v) is 49.2. The molecule has 26 rings (SSSR count). The standard InChI is InChI=1S/2C61H42N4SSi2.2Pd/c1-64-53-33-16-15-32-52(53)63-61(64)43-21-20-30-48(39-43)67(44-22-6-2-7-23-44,45-24-8-3-9-25-45)49-36-37-58-54(40-49)65(60-35-18-19-38-62-60)55-42-57-51(50-31-14-17-34-56(50)66-57)41-59(55)68(58,46-26-10-4-11-27-46)47-28-12-5-13-29-47;1-64-53-33-16-15-32-52(53)63-61(64)43-21-20-30-48(39-43)67(44-22-6-2-7-23-44,45-24-8-3-9-25-45)49-36-37-58-54(40-49)65(60-35-18-19-38-62-60)55-41-51-50-31-14-17-34-56(50)66-57(51)42-59(55)68(58,46-26-10-4-11-27-46)47-28-12-5-13-29-47;;/h2*2-38,41-42H,1H3;;/q2*-2;2*+2. The van der Waals surface area contributed by atoms with Gasteiger partial charge in [-0.2, -0.15) is 46.8 Å². The van der Waals surface area contributed by atoms with Gasteiger partial charge in [0.2, 0.25) is 0 Å². The zero-order chi connectivity index (χ0) is 90.5. The summed E-state index contributed by atoms with van der Waals surface area (Å²) in [5.41, 5.74) is 10.4. The molecule has 138 heavy (non-hydrogen) atoms. The molecule has 16 heteroatoms. The Labute approximate surface area is 841 Å². The minimum Gasteiger partial charge on any atom is -0.367 e. The van der Waals surface area contributed by atoms with Gasteiger partial charge in [0.05, 0.1) is 33.7 Å². The molecule has 0 fully saturated rings. The van der Waals surface area contributed by atoms with Crippen molar-refractivity contribution >= 4 is 235 Å². The molecule has 2 aliphatic heterocycles. The Morgan fingerprint density at radius 2 is 0.587 bits per heavy atom. The number of fused-ring (bicyclic) bond motifs is 12. The van der Waals surface area contributed by atoms with E-state index in [1.165, 1.54) is 103 Å². The minimum atomic E-state index is -3.25. The number of pyridine rings is 2. The first kappa shape index (κ1) is 87.5. The van der Waals surface area contributed by atoms with Crippen molar-refractivity contribution in [3.8, 4) is 22.8 Å². The largest absolute Gasteiger partial charge is 2.00 e. The van der Waals surface area contributed by atoms with Gasteiger partial charge in [-0.3, -0.25) is 9.97 Å². The average molecular weight is 2050 g/mol. The van der Waals surface area contributed by atoms with Crippen LogP contribution in [0.15, 0.2) is 473 Å². The normalized spacial score (nSPS) is 13.0. The summed E-state index contributed by atoms with van der Waals surface area (Å²) < 4.78 is 9.49. The van der Waals surface area contributed by atoms with E-state index in [2.05, 4.69) is 506 Å². The third-order valence-electron chi connectivity index (χ3n) is 28.1. The number of para-hydroxylation sites is 4. The van der Waals surface area contributed by atoms with Crippen LogP contribution in [-0.4, -0.2) is 61.4 Å². The molecule has 0 aliphatic carbocycles. The van der Waals surface area contributed by atoms with E-state index in [1.54, 1.807) is 0 Å². The summed E-state index contributed by atoms with van der Waals surface area (Å²) in [6, 6.07) is 187. The van der Waals surface area contributed by atoms with Gasteiger partial charge in [0, 0.05) is 78.2 Å². The van der Waals surface area contributed by atoms with Crippen LogP contribution in [-0.2, 0) is 54.9 Å². The fourth-order valence-electron chi connectivity index (χ4n) is 22.2. The second kappa shape index (κ2) is 36.2. The van der Waals surface area contributed by atoms with Crippen molar-refractivity contribution in [2.24, 2.45) is 14.1 Å². The maximum absolute atomic E-state index is 5.19. The topological polar surface area (TPSA) is 67.9 Å². The fraction of sp³-hybridized carbons (Fsp3) is 0.0164. The Morgan fingerprint density at radius 3 is 0.971 bits per heavy atom. The summed E-state index contributed by atoms with van der Waals surface area (Å²) in [6.07, 6.45) is 3.83. The zero-order valence-corrected chi connectivity index (χ0v) is 83.8. The zero-order valence-electron chi connectivity index (χ0n) is 75.1. The van der Waals surface area contributed by atoms with E-state index >= 15 is 0 Å². The second-order valence-electron chi connectivity index (χ2n) is 35.1. The van der Waals surface area contributed by atoms with E-state index in [-0.39, 0.29) is 40.8 Å². The number of hydrogen-bond donors (Lipinski definition) is 0. The molecule has 0 atom stereocenters. The van der Waals surface area contributed by atoms with Gasteiger partial charge in [0.15, 0.2) is 0 Å². The molecule has 0 N–H and O–H groups in total. The third kappa shape index (κ3) is 13.9. The molecule has 0 radical (unpaired) electrons. The molecule has 24 aromatic rings. The number of benzene rings is 18. The van der Waals surface area contributed by atoms with Crippen LogP contribution in [0.5, 0.6) is 0 Å². The molecule has 0 saturated carbocycles. The van der Waals surface area contributed by atoms with Gasteiger partial charge in [0.25, 0.3) is 0 Å². The molecule has 6 aromatic heterocycles. The monoisotopic (exact) mass is 2050 g/mol. The first-order valence-corrected chi connectivity index (χ1v) is 55.7. The van der Waals surface area contributed by atoms with Crippen LogP contribution in [0.4, 0.5) is 34.4 Å². The number of nitrogens with zero attached hydrogens (tertiary/aromatic N) is 8. The van der Waals surface area contributed by atoms with Crippen molar-refractivity contribution in [1.82, 2.24) is 29.1 Å². The number of imidazole rings is 2. The summed E-state index contributed by atoms with van der Waals surface area (Å²) in [5, 5.41) is 25.2. The first-order chi connectivity index (χ1) is 67.3. The van der Waals surface area contributed by atoms with E-state index in [0.29, 0.717) is 0 Å². The van der Waals surface area contributed by atoms with E-state index in [4.69, 9.17) is 19.9 Å². The van der Waals surface area contributed by atoms with Gasteiger partial charge in [-0.1, -0.05) is 354 Å². The SMILES string of the molecule is Cn1c(-c2[c-]c([Si](c3[c-]c4c(cc3)[Si](c3ccccc3)(c3ccccc3)c3cc5c(cc3N4c3ccccn3)sc3ccccc35)(c3ccccc3)c3ccccc3)ccc2)nc2ccccc21.Cn1c(-c2[c-]c([Si](c3[c-]c4c(cc3)[Si](c3ccccc3)(c3ccccc3)c3cc5sc6ccccc6c5cc3N4c3ccccn3)(c3ccccc3)c3ccccc3)ccc2)nc2ccccc21.[Pd+2].[Pd+2]. The van der Waals surface area contributed by atoms with Gasteiger partial charge < -0.3 is 18.9 Å². The Kier molecular flexibility index (Phi) is 22.9. The van der Waals surface area contributed by atoms with Crippen LogP contribution in [0, 0.1) is 24.3 Å². The molecule has 18 aromatic carbocycles. The summed E-state index contributed by atoms with van der Waals surface area (Å²) in [4.78, 5) is 25.6. The number of thiophene rings is 2. The number of aryl methyl sites for hydroxylation is 2. The van der Waals surface area contributed by atoms with Crippen LogP contribution in [0.2, 0.25) is 0 Å². The molecule has 0 spiro atoms. The molecule has 2 aliphatic rings. The van der Waals surface area contributed by atoms with Gasteiger partial charge in [0.1, 0.15) is 43.9 Å². The molecular weight excluding hydrogens is 1970 g/mol. The molecule has 8 nitrogen and oxygen atoms in total. The maximum atomic E-state index is 5.19. The Hall–Kier alpha value is -14.6. The van der Waals surface area contributed by atoms with Crippen molar-refractivity contribution in [2.75, 3.05) is 9.80 Å². The maximum Gasteiger partial charge on any atom is 2.00 e. The summed E-state index contributed by atoms with van der Waals surface area (Å²) in [5.74, 6) is 3.49. The van der Waals surface area contributed by atoms with Crippen molar-refractivity contribution in [2.45, 2.75) is 0 Å². The van der Waals surface area contributed by atoms with E-state index in [9.17, 15) is 0 Å². The van der Waals surface area contributed by atoms with Crippen LogP contribution >= 0.6 is 22.7 Å². The van der Waals surface area contributed by atoms with Crippen molar-refractivity contribution in [1.29, 1.82) is 0 Å². The molecule has 0 unspecified atom stereocenters. The Morgan fingerprint density at radius 1 is 0.261 bits per heavy atom. The van der Waals surface area contributed by atoms with E-state index in [1.807, 2.05) is 47.2 Å². The van der Waals surface area contributed by atoms with Crippen LogP contribution in [0.25, 0.3) is 85.2 Å². The molecule has 0 amide bonds. The summed E-state index contributed by atoms with van der Waals surface area (Å²) in [7, 11) is -8.53. The van der Waals surface area contributed by atoms with Gasteiger partial charge in [-0.15, -0.1) is 103 Å². The minimum absolute atomic E-state index is 0. The molecule has 8 heterocycles. The number of rotatable bonds is 16. The van der Waals surface area contributed by atoms with Crippen LogP contribution < -0.4 is 92.8 Å². The number of aromatic nitrogens is 6. The fourth-order valence-corrected chi connectivity index (χ4v) is 43.8. The van der Waals surface area contributed by atoms with E-state index in [0.717, 1.165) is 100.0 Å².